The fraction of sp³-hybridized carbons (Fsp3) is 0.389. The summed E-state index contributed by atoms with van der Waals surface area (Å²) in [7, 11) is 0. The molecule has 1 aromatic heterocycles. The quantitative estimate of drug-likeness (QED) is 0.733. The highest BCUT2D eigenvalue weighted by molar-refractivity contribution is 5.95. The summed E-state index contributed by atoms with van der Waals surface area (Å²) < 4.78 is 40.9. The van der Waals surface area contributed by atoms with Crippen molar-refractivity contribution >= 4 is 11.9 Å². The Balaban J connectivity index is 2.17. The van der Waals surface area contributed by atoms with E-state index < -0.39 is 35.7 Å². The van der Waals surface area contributed by atoms with Crippen LogP contribution in [-0.2, 0) is 11.3 Å². The molecule has 9 heteroatoms. The first-order chi connectivity index (χ1) is 12.7. The SMILES string of the molecule is CC(C)Cn1ncc(C(=O)NCC(C(=O)O)c2ccc(F)cc2)c1C(F)F. The first-order valence-electron chi connectivity index (χ1n) is 8.31. The van der Waals surface area contributed by atoms with E-state index in [0.29, 0.717) is 0 Å². The standard InChI is InChI=1S/C18H20F3N3O3/c1-10(2)9-24-15(16(20)21)14(8-23-24)17(25)22-7-13(18(26)27)11-3-5-12(19)6-4-11/h3-6,8,10,13,16H,7,9H2,1-2H3,(H,22,25)(H,26,27). The number of aliphatic carboxylic acids is 1. The molecule has 0 spiro atoms. The maximum absolute atomic E-state index is 13.4. The molecule has 27 heavy (non-hydrogen) atoms. The number of rotatable bonds is 8. The molecule has 2 aromatic rings. The summed E-state index contributed by atoms with van der Waals surface area (Å²) in [5.74, 6) is -3.69. The van der Waals surface area contributed by atoms with Crippen molar-refractivity contribution in [1.82, 2.24) is 15.1 Å². The number of aromatic nitrogens is 2. The van der Waals surface area contributed by atoms with Crippen molar-refractivity contribution in [2.24, 2.45) is 5.92 Å². The molecule has 2 N–H and O–H groups in total. The molecule has 0 radical (unpaired) electrons. The lowest BCUT2D eigenvalue weighted by atomic mass is 9.99. The zero-order chi connectivity index (χ0) is 20.1. The van der Waals surface area contributed by atoms with Crippen LogP contribution in [0.2, 0.25) is 0 Å². The molecule has 1 amide bonds. The highest BCUT2D eigenvalue weighted by Gasteiger charge is 2.26. The number of carboxylic acid groups (broad SMARTS) is 1. The summed E-state index contributed by atoms with van der Waals surface area (Å²) in [5.41, 5.74) is -0.516. The highest BCUT2D eigenvalue weighted by atomic mass is 19.3. The molecule has 1 unspecified atom stereocenters. The van der Waals surface area contributed by atoms with E-state index in [1.54, 1.807) is 0 Å². The monoisotopic (exact) mass is 383 g/mol. The van der Waals surface area contributed by atoms with E-state index in [0.717, 1.165) is 23.0 Å². The van der Waals surface area contributed by atoms with E-state index in [1.807, 2.05) is 13.8 Å². The molecule has 0 saturated carbocycles. The van der Waals surface area contributed by atoms with Gasteiger partial charge in [-0.05, 0) is 23.6 Å². The van der Waals surface area contributed by atoms with Crippen molar-refractivity contribution in [2.45, 2.75) is 32.7 Å². The lowest BCUT2D eigenvalue weighted by Crippen LogP contribution is -2.32. The lowest BCUT2D eigenvalue weighted by molar-refractivity contribution is -0.138. The minimum atomic E-state index is -2.90. The van der Waals surface area contributed by atoms with E-state index in [1.165, 1.54) is 12.1 Å². The molecule has 0 aliphatic heterocycles. The van der Waals surface area contributed by atoms with Gasteiger partial charge >= 0.3 is 5.97 Å². The molecule has 6 nitrogen and oxygen atoms in total. The fourth-order valence-corrected chi connectivity index (χ4v) is 2.62. The minimum Gasteiger partial charge on any atom is -0.481 e. The van der Waals surface area contributed by atoms with Crippen molar-refractivity contribution < 1.29 is 27.9 Å². The molecular weight excluding hydrogens is 363 g/mol. The van der Waals surface area contributed by atoms with Crippen LogP contribution in [0.3, 0.4) is 0 Å². The van der Waals surface area contributed by atoms with Crippen LogP contribution in [0.1, 0.15) is 47.8 Å². The van der Waals surface area contributed by atoms with E-state index in [-0.39, 0.29) is 30.1 Å². The van der Waals surface area contributed by atoms with Gasteiger partial charge in [0.1, 0.15) is 11.5 Å². The van der Waals surface area contributed by atoms with Crippen LogP contribution in [0, 0.1) is 11.7 Å². The molecule has 0 bridgehead atoms. The minimum absolute atomic E-state index is 0.0492. The molecule has 146 valence electrons. The fourth-order valence-electron chi connectivity index (χ4n) is 2.62. The second kappa shape index (κ2) is 8.70. The molecule has 1 atom stereocenters. The van der Waals surface area contributed by atoms with Gasteiger partial charge in [0.2, 0.25) is 0 Å². The van der Waals surface area contributed by atoms with Crippen molar-refractivity contribution in [3.63, 3.8) is 0 Å². The molecule has 1 aromatic carbocycles. The summed E-state index contributed by atoms with van der Waals surface area (Å²) in [6, 6.07) is 4.81. The Bertz CT molecular complexity index is 804. The van der Waals surface area contributed by atoms with Crippen molar-refractivity contribution in [2.75, 3.05) is 6.54 Å². The van der Waals surface area contributed by atoms with Gasteiger partial charge in [0.15, 0.2) is 0 Å². The van der Waals surface area contributed by atoms with Crippen LogP contribution < -0.4 is 5.32 Å². The van der Waals surface area contributed by atoms with Gasteiger partial charge in [0.25, 0.3) is 12.3 Å². The largest absolute Gasteiger partial charge is 0.481 e. The van der Waals surface area contributed by atoms with Gasteiger partial charge < -0.3 is 10.4 Å². The first-order valence-corrected chi connectivity index (χ1v) is 8.31. The molecular formula is C18H20F3N3O3. The number of carbonyl (C=O) groups excluding carboxylic acids is 1. The average Bonchev–Trinajstić information content (AvgIpc) is 2.99. The summed E-state index contributed by atoms with van der Waals surface area (Å²) >= 11 is 0. The van der Waals surface area contributed by atoms with E-state index in [2.05, 4.69) is 10.4 Å². The van der Waals surface area contributed by atoms with Crippen LogP contribution in [0.5, 0.6) is 0 Å². The van der Waals surface area contributed by atoms with Crippen molar-refractivity contribution in [1.29, 1.82) is 0 Å². The van der Waals surface area contributed by atoms with Crippen LogP contribution in [0.25, 0.3) is 0 Å². The Morgan fingerprint density at radius 1 is 1.22 bits per heavy atom. The number of carbonyl (C=O) groups is 2. The third kappa shape index (κ3) is 5.08. The topological polar surface area (TPSA) is 84.2 Å². The Hall–Kier alpha value is -2.84. The molecule has 0 fully saturated rings. The number of benzene rings is 1. The third-order valence-electron chi connectivity index (χ3n) is 3.91. The van der Waals surface area contributed by atoms with Gasteiger partial charge in [-0.3, -0.25) is 14.3 Å². The Kier molecular flexibility index (Phi) is 6.59. The maximum Gasteiger partial charge on any atom is 0.312 e. The molecule has 0 saturated heterocycles. The van der Waals surface area contributed by atoms with Crippen LogP contribution >= 0.6 is 0 Å². The normalized spacial score (nSPS) is 12.4. The predicted molar refractivity (Wildman–Crippen MR) is 91.1 cm³/mol. The average molecular weight is 383 g/mol. The van der Waals surface area contributed by atoms with E-state index in [4.69, 9.17) is 0 Å². The first kappa shape index (κ1) is 20.5. The number of halogens is 3. The zero-order valence-corrected chi connectivity index (χ0v) is 14.8. The molecule has 0 aliphatic rings. The van der Waals surface area contributed by atoms with E-state index in [9.17, 15) is 27.9 Å². The van der Waals surface area contributed by atoms with Crippen LogP contribution in [-0.4, -0.2) is 33.3 Å². The summed E-state index contributed by atoms with van der Waals surface area (Å²) in [4.78, 5) is 23.8. The lowest BCUT2D eigenvalue weighted by Gasteiger charge is -2.14. The second-order valence-electron chi connectivity index (χ2n) is 6.47. The van der Waals surface area contributed by atoms with Gasteiger partial charge in [-0.1, -0.05) is 26.0 Å². The smallest absolute Gasteiger partial charge is 0.312 e. The predicted octanol–water partition coefficient (Wildman–Crippen LogP) is 3.21. The van der Waals surface area contributed by atoms with Crippen molar-refractivity contribution in [3.05, 3.63) is 53.1 Å². The number of nitrogens with zero attached hydrogens (tertiary/aromatic N) is 2. The van der Waals surface area contributed by atoms with Gasteiger partial charge in [0.05, 0.1) is 17.7 Å². The molecule has 2 rings (SSSR count). The Morgan fingerprint density at radius 3 is 2.37 bits per heavy atom. The molecule has 0 aliphatic carbocycles. The van der Waals surface area contributed by atoms with Crippen LogP contribution in [0.4, 0.5) is 13.2 Å². The number of hydrogen-bond donors (Lipinski definition) is 2. The zero-order valence-electron chi connectivity index (χ0n) is 14.8. The summed E-state index contributed by atoms with van der Waals surface area (Å²) in [5, 5.41) is 15.5. The van der Waals surface area contributed by atoms with Gasteiger partial charge in [-0.25, -0.2) is 13.2 Å². The van der Waals surface area contributed by atoms with E-state index >= 15 is 0 Å². The number of nitrogens with one attached hydrogen (secondary N) is 1. The highest BCUT2D eigenvalue weighted by Crippen LogP contribution is 2.24. The number of alkyl halides is 2. The Morgan fingerprint density at radius 2 is 1.85 bits per heavy atom. The van der Waals surface area contributed by atoms with Gasteiger partial charge in [-0.2, -0.15) is 5.10 Å². The number of amides is 1. The van der Waals surface area contributed by atoms with Crippen LogP contribution in [0.15, 0.2) is 30.5 Å². The third-order valence-corrected chi connectivity index (χ3v) is 3.91. The Labute approximate surface area is 154 Å². The van der Waals surface area contributed by atoms with Gasteiger partial charge in [0, 0.05) is 13.1 Å². The number of carboxylic acids is 1. The maximum atomic E-state index is 13.4. The summed E-state index contributed by atoms with van der Waals surface area (Å²) in [6.45, 7) is 3.55. The second-order valence-corrected chi connectivity index (χ2v) is 6.47. The van der Waals surface area contributed by atoms with Crippen molar-refractivity contribution in [3.8, 4) is 0 Å². The number of hydrogen-bond acceptors (Lipinski definition) is 3. The van der Waals surface area contributed by atoms with Gasteiger partial charge in [-0.15, -0.1) is 0 Å². The molecule has 1 heterocycles. The summed E-state index contributed by atoms with van der Waals surface area (Å²) in [6.07, 6.45) is -1.85.